The van der Waals surface area contributed by atoms with E-state index in [1.165, 1.54) is 27.8 Å². The quantitative estimate of drug-likeness (QED) is 0.0852. The maximum Gasteiger partial charge on any atom is 0.164 e. The van der Waals surface area contributed by atoms with Crippen LogP contribution in [0.4, 0.5) is 0 Å². The fourth-order valence-electron chi connectivity index (χ4n) is 18.6. The average Bonchev–Trinajstić information content (AvgIpc) is 1.65. The van der Waals surface area contributed by atoms with Crippen molar-refractivity contribution in [3.05, 3.63) is 504 Å². The van der Waals surface area contributed by atoms with E-state index in [4.69, 9.17) is 58.1 Å². The monoisotopic (exact) mass is 1810 g/mol. The second kappa shape index (κ2) is 37.9. The summed E-state index contributed by atoms with van der Waals surface area (Å²) in [6, 6.07) is 173. The van der Waals surface area contributed by atoms with Gasteiger partial charge < -0.3 is 13.3 Å². The number of benzene rings is 20. The van der Waals surface area contributed by atoms with Crippen molar-refractivity contribution in [3.63, 3.8) is 0 Å². The molecule has 0 radical (unpaired) electrons. The highest BCUT2D eigenvalue weighted by Gasteiger charge is 2.25. The van der Waals surface area contributed by atoms with Gasteiger partial charge >= 0.3 is 0 Å². The maximum absolute atomic E-state index is 6.41. The molecule has 6 aromatic heterocycles. The van der Waals surface area contributed by atoms with E-state index in [-0.39, 0.29) is 0 Å². The number of fused-ring (bicyclic) bond motifs is 9. The highest BCUT2D eigenvalue weighted by atomic mass is 16.3. The van der Waals surface area contributed by atoms with E-state index in [9.17, 15) is 0 Å². The molecule has 0 aliphatic heterocycles. The van der Waals surface area contributed by atoms with Crippen molar-refractivity contribution in [2.75, 3.05) is 0 Å². The van der Waals surface area contributed by atoms with Crippen molar-refractivity contribution < 1.29 is 13.3 Å². The van der Waals surface area contributed by atoms with E-state index in [1.807, 2.05) is 170 Å². The summed E-state index contributed by atoms with van der Waals surface area (Å²) in [6.07, 6.45) is 0. The van der Waals surface area contributed by atoms with Crippen LogP contribution in [0.25, 0.3) is 257 Å². The molecule has 26 rings (SSSR count). The Morgan fingerprint density at radius 3 is 0.546 bits per heavy atom. The largest absolute Gasteiger partial charge is 0.456 e. The van der Waals surface area contributed by atoms with Gasteiger partial charge in [-0.1, -0.05) is 431 Å². The van der Waals surface area contributed by atoms with Gasteiger partial charge in [0.25, 0.3) is 0 Å². The molecular formula is C129H83N9O3. The van der Waals surface area contributed by atoms with Crippen molar-refractivity contribution >= 4 is 65.8 Å². The van der Waals surface area contributed by atoms with E-state index in [1.54, 1.807) is 0 Å². The third kappa shape index (κ3) is 17.5. The lowest BCUT2D eigenvalue weighted by molar-refractivity contribution is 0.668. The standard InChI is InChI=1S/2C45H29N3O.C39H25N3O/c1-4-12-30(13-5-1)32-22-24-33(25-23-32)36-26-27-40-39(29-36)42-38(20-11-21-41(42)49-40)45-47-43(34-16-8-3-9-17-34)46-44(48-45)37-19-10-18-35(28-37)31-14-6-2-7-15-31;1-4-12-30(13-5-1)32-22-24-34(25-23-32)44-46-43(33-16-8-3-9-17-33)47-45(48-44)38-20-11-21-41-42(38)39-29-37(26-27-40(39)49-41)36-19-10-18-35(28-36)31-14-6-2-7-15-31;1-4-12-26(13-5-1)29-18-10-19-31(24-29)38-40-37(28-16-8-3-9-17-28)41-39(42-38)32-20-11-21-35-36(32)33-25-30(22-23-34(33)43-35)27-14-6-2-7-15-27/h2*1-29H;1-25H. The summed E-state index contributed by atoms with van der Waals surface area (Å²) in [7, 11) is 0. The summed E-state index contributed by atoms with van der Waals surface area (Å²) in [5.41, 5.74) is 31.5. The molecule has 662 valence electrons. The molecule has 0 bridgehead atoms. The highest BCUT2D eigenvalue weighted by molar-refractivity contribution is 6.15. The zero-order valence-corrected chi connectivity index (χ0v) is 76.2. The van der Waals surface area contributed by atoms with Gasteiger partial charge in [-0.25, -0.2) is 44.9 Å². The zero-order valence-electron chi connectivity index (χ0n) is 76.2. The first-order valence-corrected chi connectivity index (χ1v) is 47.0. The fourth-order valence-corrected chi connectivity index (χ4v) is 18.6. The Morgan fingerprint density at radius 1 is 0.106 bits per heavy atom. The number of nitrogens with zero attached hydrogens (tertiary/aromatic N) is 9. The topological polar surface area (TPSA) is 155 Å². The number of aromatic nitrogens is 9. The van der Waals surface area contributed by atoms with Gasteiger partial charge in [0.1, 0.15) is 33.5 Å². The van der Waals surface area contributed by atoms with E-state index in [0.29, 0.717) is 52.4 Å². The smallest absolute Gasteiger partial charge is 0.164 e. The Hall–Kier alpha value is -19.2. The number of hydrogen-bond acceptors (Lipinski definition) is 12. The Morgan fingerprint density at radius 2 is 0.270 bits per heavy atom. The average molecular weight is 1810 g/mol. The number of furan rings is 3. The molecule has 0 saturated heterocycles. The molecule has 26 aromatic rings. The molecule has 0 amide bonds. The van der Waals surface area contributed by atoms with Crippen molar-refractivity contribution in [2.24, 2.45) is 0 Å². The lowest BCUT2D eigenvalue weighted by Gasteiger charge is -2.10. The Bertz CT molecular complexity index is 9050. The van der Waals surface area contributed by atoms with Crippen LogP contribution in [0, 0.1) is 0 Å². The van der Waals surface area contributed by atoms with Gasteiger partial charge in [-0.05, 0) is 162 Å². The second-order valence-corrected chi connectivity index (χ2v) is 34.6. The zero-order chi connectivity index (χ0) is 93.7. The van der Waals surface area contributed by atoms with Gasteiger partial charge in [0, 0.05) is 82.4 Å². The van der Waals surface area contributed by atoms with E-state index in [2.05, 4.69) is 334 Å². The van der Waals surface area contributed by atoms with Crippen molar-refractivity contribution in [1.82, 2.24) is 44.9 Å². The summed E-state index contributed by atoms with van der Waals surface area (Å²) in [5.74, 6) is 5.52. The number of hydrogen-bond donors (Lipinski definition) is 0. The molecule has 0 atom stereocenters. The number of rotatable bonds is 17. The minimum absolute atomic E-state index is 0.597. The molecule has 6 heterocycles. The van der Waals surface area contributed by atoms with Crippen LogP contribution in [0.1, 0.15) is 0 Å². The molecule has 12 heteroatoms. The Kier molecular flexibility index (Phi) is 22.8. The van der Waals surface area contributed by atoms with Gasteiger partial charge in [-0.3, -0.25) is 0 Å². The molecule has 0 unspecified atom stereocenters. The van der Waals surface area contributed by atoms with Crippen LogP contribution in [-0.4, -0.2) is 44.9 Å². The summed E-state index contributed by atoms with van der Waals surface area (Å²) >= 11 is 0. The minimum Gasteiger partial charge on any atom is -0.456 e. The van der Waals surface area contributed by atoms with Crippen molar-refractivity contribution in [2.45, 2.75) is 0 Å². The first kappa shape index (κ1) is 84.8. The van der Waals surface area contributed by atoms with Crippen LogP contribution in [0.3, 0.4) is 0 Å². The van der Waals surface area contributed by atoms with Crippen LogP contribution >= 0.6 is 0 Å². The van der Waals surface area contributed by atoms with Crippen molar-refractivity contribution in [3.8, 4) is 192 Å². The molecule has 0 spiro atoms. The third-order valence-electron chi connectivity index (χ3n) is 25.7. The molecule has 0 aliphatic rings. The van der Waals surface area contributed by atoms with E-state index in [0.717, 1.165) is 177 Å². The summed E-state index contributed by atoms with van der Waals surface area (Å²) in [6.45, 7) is 0. The Labute approximate surface area is 813 Å². The van der Waals surface area contributed by atoms with Gasteiger partial charge in [0.05, 0.1) is 0 Å². The SMILES string of the molecule is c1ccc(-c2ccc(-c3ccc4oc5cccc(-c6nc(-c7ccccc7)nc(-c7cccc(-c8ccccc8)c7)n6)c5c4c3)cc2)cc1.c1ccc(-c2ccc(-c3nc(-c4ccccc4)nc(-c4cccc5oc6ccc(-c7cccc(-c8ccccc8)c7)cc6c45)n3)cc2)cc1.c1ccc(-c2cccc(-c3nc(-c4ccccc4)nc(-c4cccc5oc6ccc(-c7ccccc7)cc6c45)n3)c2)cc1. The predicted octanol–water partition coefficient (Wildman–Crippen LogP) is 33.7. The van der Waals surface area contributed by atoms with E-state index < -0.39 is 0 Å². The summed E-state index contributed by atoms with van der Waals surface area (Å²) in [4.78, 5) is 45.4. The molecule has 0 aliphatic carbocycles. The highest BCUT2D eigenvalue weighted by Crippen LogP contribution is 2.45. The molecule has 12 nitrogen and oxygen atoms in total. The predicted molar refractivity (Wildman–Crippen MR) is 574 cm³/mol. The molecule has 141 heavy (non-hydrogen) atoms. The van der Waals surface area contributed by atoms with Gasteiger partial charge in [0.2, 0.25) is 0 Å². The normalized spacial score (nSPS) is 11.3. The van der Waals surface area contributed by atoms with Gasteiger partial charge in [-0.2, -0.15) is 0 Å². The van der Waals surface area contributed by atoms with Crippen LogP contribution in [0.5, 0.6) is 0 Å². The summed E-state index contributed by atoms with van der Waals surface area (Å²) in [5, 5.41) is 6.02. The van der Waals surface area contributed by atoms with E-state index >= 15 is 0 Å². The van der Waals surface area contributed by atoms with Crippen LogP contribution < -0.4 is 0 Å². The minimum atomic E-state index is 0.597. The van der Waals surface area contributed by atoms with Crippen LogP contribution in [-0.2, 0) is 0 Å². The first-order valence-electron chi connectivity index (χ1n) is 47.0. The second-order valence-electron chi connectivity index (χ2n) is 34.6. The van der Waals surface area contributed by atoms with Gasteiger partial charge in [0.15, 0.2) is 52.4 Å². The van der Waals surface area contributed by atoms with Gasteiger partial charge in [-0.15, -0.1) is 0 Å². The Balaban J connectivity index is 0.000000115. The summed E-state index contributed by atoms with van der Waals surface area (Å²) < 4.78 is 19.1. The molecule has 0 fully saturated rings. The van der Waals surface area contributed by atoms with Crippen LogP contribution in [0.2, 0.25) is 0 Å². The lowest BCUT2D eigenvalue weighted by Crippen LogP contribution is -2.00. The first-order chi connectivity index (χ1) is 69.8. The van der Waals surface area contributed by atoms with Crippen LogP contribution in [0.15, 0.2) is 517 Å². The lowest BCUT2D eigenvalue weighted by atomic mass is 9.97. The fraction of sp³-hybridized carbons (Fsp3) is 0. The maximum atomic E-state index is 6.41. The van der Waals surface area contributed by atoms with Crippen molar-refractivity contribution in [1.29, 1.82) is 0 Å². The molecule has 0 saturated carbocycles. The molecule has 0 N–H and O–H groups in total. The molecular weight excluding hydrogens is 1720 g/mol. The third-order valence-corrected chi connectivity index (χ3v) is 25.7. The molecule has 20 aromatic carbocycles.